The molecular weight excluding hydrogens is 397 g/mol. The molecule has 0 aliphatic rings. The van der Waals surface area contributed by atoms with Crippen molar-refractivity contribution in [3.05, 3.63) is 64.9 Å². The summed E-state index contributed by atoms with van der Waals surface area (Å²) < 4.78 is 19.6. The minimum absolute atomic E-state index is 0.154. The number of amides is 1. The number of ether oxygens (including phenoxy) is 1. The number of carbonyl (C=O) groups excluding carboxylic acids is 1. The van der Waals surface area contributed by atoms with Crippen molar-refractivity contribution in [3.8, 4) is 5.75 Å². The van der Waals surface area contributed by atoms with Gasteiger partial charge in [0.15, 0.2) is 10.9 Å². The van der Waals surface area contributed by atoms with Crippen LogP contribution in [0.3, 0.4) is 0 Å². The number of rotatable bonds is 7. The Morgan fingerprint density at radius 3 is 2.73 bits per heavy atom. The van der Waals surface area contributed by atoms with Crippen molar-refractivity contribution >= 4 is 45.7 Å². The maximum absolute atomic E-state index is 13.6. The predicted molar refractivity (Wildman–Crippen MR) is 101 cm³/mol. The molecule has 1 aromatic heterocycles. The molecule has 5 nitrogen and oxygen atoms in total. The zero-order chi connectivity index (χ0) is 18.4. The van der Waals surface area contributed by atoms with Gasteiger partial charge in [0.1, 0.15) is 11.6 Å². The van der Waals surface area contributed by atoms with Gasteiger partial charge in [-0.2, -0.15) is 0 Å². The number of thioether (sulfide) groups is 1. The molecule has 9 heteroatoms. The van der Waals surface area contributed by atoms with Crippen LogP contribution < -0.4 is 10.1 Å². The predicted octanol–water partition coefficient (Wildman–Crippen LogP) is 4.64. The van der Waals surface area contributed by atoms with E-state index in [0.717, 1.165) is 0 Å². The summed E-state index contributed by atoms with van der Waals surface area (Å²) in [5, 5.41) is 11.5. The van der Waals surface area contributed by atoms with Gasteiger partial charge in [-0.1, -0.05) is 52.9 Å². The number of carbonyl (C=O) groups is 1. The first-order valence-electron chi connectivity index (χ1n) is 7.48. The van der Waals surface area contributed by atoms with Gasteiger partial charge in [0.05, 0.1) is 0 Å². The highest BCUT2D eigenvalue weighted by atomic mass is 35.5. The van der Waals surface area contributed by atoms with Crippen molar-refractivity contribution in [2.24, 2.45) is 0 Å². The smallest absolute Gasteiger partial charge is 0.264 e. The fourth-order valence-corrected chi connectivity index (χ4v) is 3.79. The molecular formula is C17H13ClFN3O2S2. The first-order valence-corrected chi connectivity index (χ1v) is 9.66. The molecule has 1 N–H and O–H groups in total. The van der Waals surface area contributed by atoms with E-state index >= 15 is 0 Å². The third-order valence-corrected chi connectivity index (χ3v) is 5.42. The van der Waals surface area contributed by atoms with Crippen LogP contribution in [0.1, 0.15) is 5.56 Å². The molecule has 0 unspecified atom stereocenters. The Labute approximate surface area is 162 Å². The van der Waals surface area contributed by atoms with Gasteiger partial charge in [-0.15, -0.1) is 10.2 Å². The summed E-state index contributed by atoms with van der Waals surface area (Å²) in [7, 11) is 0. The summed E-state index contributed by atoms with van der Waals surface area (Å²) in [6.45, 7) is -0.154. The van der Waals surface area contributed by atoms with Crippen molar-refractivity contribution in [3.63, 3.8) is 0 Å². The molecule has 0 aliphatic heterocycles. The molecule has 2 aromatic carbocycles. The average Bonchev–Trinajstić information content (AvgIpc) is 3.08. The molecule has 0 saturated heterocycles. The lowest BCUT2D eigenvalue weighted by Gasteiger charge is -2.05. The van der Waals surface area contributed by atoms with Crippen LogP contribution in [0.15, 0.2) is 52.9 Å². The Hall–Kier alpha value is -2.16. The van der Waals surface area contributed by atoms with E-state index < -0.39 is 0 Å². The van der Waals surface area contributed by atoms with E-state index in [1.54, 1.807) is 42.5 Å². The molecule has 26 heavy (non-hydrogen) atoms. The van der Waals surface area contributed by atoms with Crippen LogP contribution in [0.2, 0.25) is 5.02 Å². The lowest BCUT2D eigenvalue weighted by Crippen LogP contribution is -2.20. The standard InChI is InChI=1S/C17H13ClFN3O2S2/c18-12-5-7-13(8-6-12)24-9-15(23)20-16-21-22-17(26-16)25-10-11-3-1-2-4-14(11)19/h1-8H,9-10H2,(H,20,21,23). The van der Waals surface area contributed by atoms with E-state index in [1.165, 1.54) is 29.2 Å². The van der Waals surface area contributed by atoms with E-state index in [9.17, 15) is 9.18 Å². The van der Waals surface area contributed by atoms with E-state index in [1.807, 2.05) is 0 Å². The normalized spacial score (nSPS) is 10.5. The van der Waals surface area contributed by atoms with Crippen molar-refractivity contribution in [2.75, 3.05) is 11.9 Å². The van der Waals surface area contributed by atoms with Crippen molar-refractivity contribution < 1.29 is 13.9 Å². The number of halogens is 2. The van der Waals surface area contributed by atoms with Crippen LogP contribution >= 0.6 is 34.7 Å². The Kier molecular flexibility index (Phi) is 6.43. The minimum atomic E-state index is -0.346. The summed E-state index contributed by atoms with van der Waals surface area (Å²) in [4.78, 5) is 11.9. The molecule has 0 fully saturated rings. The summed E-state index contributed by atoms with van der Waals surface area (Å²) in [6.07, 6.45) is 0. The average molecular weight is 410 g/mol. The van der Waals surface area contributed by atoms with Crippen LogP contribution in [-0.2, 0) is 10.5 Å². The van der Waals surface area contributed by atoms with Gasteiger partial charge >= 0.3 is 0 Å². The SMILES string of the molecule is O=C(COc1ccc(Cl)cc1)Nc1nnc(SCc2ccccc2F)s1. The van der Waals surface area contributed by atoms with Crippen LogP contribution in [-0.4, -0.2) is 22.7 Å². The fraction of sp³-hybridized carbons (Fsp3) is 0.118. The number of nitrogens with one attached hydrogen (secondary N) is 1. The summed E-state index contributed by atoms with van der Waals surface area (Å²) in [5.74, 6) is 0.386. The molecule has 0 atom stereocenters. The monoisotopic (exact) mass is 409 g/mol. The number of anilines is 1. The van der Waals surface area contributed by atoms with E-state index in [4.69, 9.17) is 16.3 Å². The van der Waals surface area contributed by atoms with Crippen molar-refractivity contribution in [1.29, 1.82) is 0 Å². The first-order chi connectivity index (χ1) is 12.6. The summed E-state index contributed by atoms with van der Waals surface area (Å²) in [5.41, 5.74) is 0.592. The van der Waals surface area contributed by atoms with E-state index in [-0.39, 0.29) is 18.3 Å². The summed E-state index contributed by atoms with van der Waals surface area (Å²) in [6, 6.07) is 13.3. The van der Waals surface area contributed by atoms with Crippen LogP contribution in [0.25, 0.3) is 0 Å². The van der Waals surface area contributed by atoms with Crippen LogP contribution in [0.5, 0.6) is 5.75 Å². The van der Waals surface area contributed by atoms with Gasteiger partial charge in [-0.05, 0) is 35.9 Å². The molecule has 0 bridgehead atoms. The van der Waals surface area contributed by atoms with Gasteiger partial charge in [-0.25, -0.2) is 4.39 Å². The third-order valence-electron chi connectivity index (χ3n) is 3.15. The number of benzene rings is 2. The highest BCUT2D eigenvalue weighted by Gasteiger charge is 2.10. The molecule has 134 valence electrons. The van der Waals surface area contributed by atoms with Gasteiger partial charge in [0.25, 0.3) is 5.91 Å². The highest BCUT2D eigenvalue weighted by molar-refractivity contribution is 8.00. The molecule has 1 amide bonds. The maximum atomic E-state index is 13.6. The summed E-state index contributed by atoms with van der Waals surface area (Å²) >= 11 is 8.37. The molecule has 3 rings (SSSR count). The van der Waals surface area contributed by atoms with Crippen molar-refractivity contribution in [1.82, 2.24) is 10.2 Å². The zero-order valence-corrected chi connectivity index (χ0v) is 15.7. The fourth-order valence-electron chi connectivity index (χ4n) is 1.91. The number of aromatic nitrogens is 2. The molecule has 0 radical (unpaired) electrons. The second kappa shape index (κ2) is 8.98. The first kappa shape index (κ1) is 18.6. The Morgan fingerprint density at radius 1 is 1.19 bits per heavy atom. The van der Waals surface area contributed by atoms with Gasteiger partial charge in [0, 0.05) is 10.8 Å². The lowest BCUT2D eigenvalue weighted by molar-refractivity contribution is -0.118. The Morgan fingerprint density at radius 2 is 1.96 bits per heavy atom. The molecule has 0 saturated carbocycles. The van der Waals surface area contributed by atoms with Crippen LogP contribution in [0.4, 0.5) is 9.52 Å². The van der Waals surface area contributed by atoms with E-state index in [0.29, 0.717) is 31.6 Å². The van der Waals surface area contributed by atoms with E-state index in [2.05, 4.69) is 15.5 Å². The highest BCUT2D eigenvalue weighted by Crippen LogP contribution is 2.29. The second-order valence-electron chi connectivity index (χ2n) is 5.04. The zero-order valence-electron chi connectivity index (χ0n) is 13.3. The molecule has 3 aromatic rings. The minimum Gasteiger partial charge on any atom is -0.484 e. The number of hydrogen-bond donors (Lipinski definition) is 1. The Balaban J connectivity index is 1.47. The molecule has 0 aliphatic carbocycles. The molecule has 1 heterocycles. The van der Waals surface area contributed by atoms with Gasteiger partial charge < -0.3 is 4.74 Å². The Bertz CT molecular complexity index is 890. The lowest BCUT2D eigenvalue weighted by atomic mass is 10.2. The van der Waals surface area contributed by atoms with Gasteiger partial charge in [0.2, 0.25) is 5.13 Å². The van der Waals surface area contributed by atoms with Gasteiger partial charge in [-0.3, -0.25) is 10.1 Å². The number of nitrogens with zero attached hydrogens (tertiary/aromatic N) is 2. The van der Waals surface area contributed by atoms with Crippen molar-refractivity contribution in [2.45, 2.75) is 10.1 Å². The topological polar surface area (TPSA) is 64.1 Å². The quantitative estimate of drug-likeness (QED) is 0.455. The maximum Gasteiger partial charge on any atom is 0.264 e. The molecule has 0 spiro atoms. The third kappa shape index (κ3) is 5.42. The number of hydrogen-bond acceptors (Lipinski definition) is 6. The van der Waals surface area contributed by atoms with Crippen LogP contribution in [0, 0.1) is 5.82 Å². The second-order valence-corrected chi connectivity index (χ2v) is 7.68. The largest absolute Gasteiger partial charge is 0.484 e.